The molecule has 3 aromatic rings. The van der Waals surface area contributed by atoms with Gasteiger partial charge >= 0.3 is 0 Å². The van der Waals surface area contributed by atoms with Crippen LogP contribution in [0, 0.1) is 0 Å². The van der Waals surface area contributed by atoms with E-state index in [1.807, 2.05) is 24.0 Å². The highest BCUT2D eigenvalue weighted by atomic mass is 15.3. The summed E-state index contributed by atoms with van der Waals surface area (Å²) < 4.78 is 1.98. The van der Waals surface area contributed by atoms with E-state index >= 15 is 0 Å². The van der Waals surface area contributed by atoms with Crippen LogP contribution in [0.2, 0.25) is 0 Å². The van der Waals surface area contributed by atoms with Gasteiger partial charge in [-0.25, -0.2) is 0 Å². The molecule has 1 aromatic heterocycles. The minimum absolute atomic E-state index is 0.434. The van der Waals surface area contributed by atoms with E-state index in [9.17, 15) is 0 Å². The third-order valence-electron chi connectivity index (χ3n) is 6.14. The molecule has 1 aliphatic rings. The molecule has 2 aromatic carbocycles. The minimum atomic E-state index is 0.434. The van der Waals surface area contributed by atoms with Gasteiger partial charge in [0.2, 0.25) is 0 Å². The molecule has 168 valence electrons. The highest BCUT2D eigenvalue weighted by Gasteiger charge is 2.25. The number of rotatable bonds is 7. The fourth-order valence-corrected chi connectivity index (χ4v) is 4.33. The summed E-state index contributed by atoms with van der Waals surface area (Å²) >= 11 is 0. The molecule has 0 radical (unpaired) electrons. The number of benzene rings is 2. The summed E-state index contributed by atoms with van der Waals surface area (Å²) in [5, 5.41) is 11.6. The maximum atomic E-state index is 4.49. The van der Waals surface area contributed by atoms with Gasteiger partial charge in [0.1, 0.15) is 0 Å². The third-order valence-corrected chi connectivity index (χ3v) is 6.14. The van der Waals surface area contributed by atoms with Gasteiger partial charge in [-0.05, 0) is 30.9 Å². The maximum Gasteiger partial charge on any atom is 0.191 e. The molecule has 0 aliphatic carbocycles. The molecule has 0 saturated carbocycles. The molecule has 2 unspecified atom stereocenters. The molecule has 0 spiro atoms. The van der Waals surface area contributed by atoms with Gasteiger partial charge in [-0.3, -0.25) is 14.6 Å². The fourth-order valence-electron chi connectivity index (χ4n) is 4.33. The van der Waals surface area contributed by atoms with Crippen LogP contribution in [0.25, 0.3) is 0 Å². The Kier molecular flexibility index (Phi) is 7.56. The lowest BCUT2D eigenvalue weighted by atomic mass is 9.97. The van der Waals surface area contributed by atoms with E-state index in [0.717, 1.165) is 44.0 Å². The average Bonchev–Trinajstić information content (AvgIpc) is 3.27. The molecule has 0 amide bonds. The summed E-state index contributed by atoms with van der Waals surface area (Å²) in [7, 11) is 1.84. The van der Waals surface area contributed by atoms with Gasteiger partial charge in [-0.1, -0.05) is 60.7 Å². The molecule has 1 saturated heterocycles. The molecule has 1 fully saturated rings. The van der Waals surface area contributed by atoms with Crippen molar-refractivity contribution in [2.75, 3.05) is 13.6 Å². The Hall–Kier alpha value is -3.12. The zero-order valence-corrected chi connectivity index (χ0v) is 19.1. The van der Waals surface area contributed by atoms with Gasteiger partial charge in [0.15, 0.2) is 5.96 Å². The van der Waals surface area contributed by atoms with Crippen molar-refractivity contribution < 1.29 is 0 Å². The number of aromatic nitrogens is 2. The van der Waals surface area contributed by atoms with E-state index in [-0.39, 0.29) is 0 Å². The zero-order valence-electron chi connectivity index (χ0n) is 19.1. The first-order chi connectivity index (χ1) is 15.7. The molecule has 6 nitrogen and oxygen atoms in total. The Morgan fingerprint density at radius 2 is 1.69 bits per heavy atom. The predicted molar refractivity (Wildman–Crippen MR) is 130 cm³/mol. The highest BCUT2D eigenvalue weighted by Crippen LogP contribution is 2.20. The monoisotopic (exact) mass is 430 g/mol. The van der Waals surface area contributed by atoms with Crippen LogP contribution in [0.4, 0.5) is 0 Å². The Labute approximate surface area is 191 Å². The molecule has 0 bridgehead atoms. The van der Waals surface area contributed by atoms with Crippen molar-refractivity contribution in [2.45, 2.75) is 51.5 Å². The molecule has 2 N–H and O–H groups in total. The van der Waals surface area contributed by atoms with E-state index < -0.39 is 0 Å². The minimum Gasteiger partial charge on any atom is -0.354 e. The van der Waals surface area contributed by atoms with Gasteiger partial charge in [-0.2, -0.15) is 5.10 Å². The summed E-state index contributed by atoms with van der Waals surface area (Å²) in [6.07, 6.45) is 6.25. The second-order valence-electron chi connectivity index (χ2n) is 8.63. The number of hydrogen-bond acceptors (Lipinski definition) is 3. The number of aliphatic imine (C=N–C) groups is 1. The lowest BCUT2D eigenvalue weighted by molar-refractivity contribution is 0.134. The number of nitrogens with zero attached hydrogens (tertiary/aromatic N) is 4. The standard InChI is InChI=1S/C26H34N6/c1-21-15-25(13-14-31(21)18-22-9-5-3-6-10-22)30-26(27-2)28-16-24-17-29-32(20-24)19-23-11-7-4-8-12-23/h3-12,17,20-21,25H,13-16,18-19H2,1-2H3,(H2,27,28,30). The van der Waals surface area contributed by atoms with E-state index in [4.69, 9.17) is 0 Å². The lowest BCUT2D eigenvalue weighted by Gasteiger charge is -2.38. The first kappa shape index (κ1) is 22.1. The first-order valence-corrected chi connectivity index (χ1v) is 11.5. The normalized spacial score (nSPS) is 19.6. The first-order valence-electron chi connectivity index (χ1n) is 11.5. The topological polar surface area (TPSA) is 57.5 Å². The number of likely N-dealkylation sites (tertiary alicyclic amines) is 1. The quantitative estimate of drug-likeness (QED) is 0.444. The average molecular weight is 431 g/mol. The number of nitrogens with one attached hydrogen (secondary N) is 2. The predicted octanol–water partition coefficient (Wildman–Crippen LogP) is 3.65. The van der Waals surface area contributed by atoms with Crippen LogP contribution in [0.1, 0.15) is 36.5 Å². The van der Waals surface area contributed by atoms with Crippen LogP contribution in [0.15, 0.2) is 78.0 Å². The van der Waals surface area contributed by atoms with Crippen molar-refractivity contribution in [3.8, 4) is 0 Å². The molecule has 4 rings (SSSR count). The number of piperidine rings is 1. The molecular weight excluding hydrogens is 396 g/mol. The Bertz CT molecular complexity index is 982. The molecule has 2 heterocycles. The SMILES string of the molecule is CN=C(NCc1cnn(Cc2ccccc2)c1)NC1CCN(Cc2ccccc2)C(C)C1. The van der Waals surface area contributed by atoms with E-state index in [2.05, 4.69) is 93.3 Å². The summed E-state index contributed by atoms with van der Waals surface area (Å²) in [6.45, 7) is 5.93. The maximum absolute atomic E-state index is 4.49. The molecule has 6 heteroatoms. The summed E-state index contributed by atoms with van der Waals surface area (Å²) in [5.74, 6) is 0.856. The van der Waals surface area contributed by atoms with Crippen LogP contribution >= 0.6 is 0 Å². The zero-order chi connectivity index (χ0) is 22.2. The van der Waals surface area contributed by atoms with Crippen molar-refractivity contribution in [3.05, 3.63) is 89.7 Å². The van der Waals surface area contributed by atoms with E-state index in [1.165, 1.54) is 11.1 Å². The molecular formula is C26H34N6. The second kappa shape index (κ2) is 11.0. The van der Waals surface area contributed by atoms with Gasteiger partial charge in [-0.15, -0.1) is 0 Å². The second-order valence-corrected chi connectivity index (χ2v) is 8.63. The van der Waals surface area contributed by atoms with Crippen LogP contribution in [0.3, 0.4) is 0 Å². The van der Waals surface area contributed by atoms with Crippen molar-refractivity contribution >= 4 is 5.96 Å². The van der Waals surface area contributed by atoms with Crippen LogP contribution in [0.5, 0.6) is 0 Å². The fraction of sp³-hybridized carbons (Fsp3) is 0.385. The van der Waals surface area contributed by atoms with Crippen LogP contribution < -0.4 is 10.6 Å². The Morgan fingerprint density at radius 3 is 2.34 bits per heavy atom. The summed E-state index contributed by atoms with van der Waals surface area (Å²) in [6, 6.07) is 22.1. The summed E-state index contributed by atoms with van der Waals surface area (Å²) in [4.78, 5) is 7.01. The Morgan fingerprint density at radius 1 is 1.00 bits per heavy atom. The van der Waals surface area contributed by atoms with Crippen LogP contribution in [-0.2, 0) is 19.6 Å². The molecule has 2 atom stereocenters. The van der Waals surface area contributed by atoms with Crippen molar-refractivity contribution in [1.82, 2.24) is 25.3 Å². The van der Waals surface area contributed by atoms with Crippen molar-refractivity contribution in [1.29, 1.82) is 0 Å². The Balaban J connectivity index is 1.23. The van der Waals surface area contributed by atoms with Gasteiger partial charge < -0.3 is 10.6 Å². The molecule has 1 aliphatic heterocycles. The van der Waals surface area contributed by atoms with Crippen molar-refractivity contribution in [2.24, 2.45) is 4.99 Å². The van der Waals surface area contributed by atoms with Crippen LogP contribution in [-0.4, -0.2) is 46.3 Å². The third kappa shape index (κ3) is 6.20. The van der Waals surface area contributed by atoms with E-state index in [0.29, 0.717) is 18.6 Å². The summed E-state index contributed by atoms with van der Waals surface area (Å²) in [5.41, 5.74) is 3.78. The van der Waals surface area contributed by atoms with Gasteiger partial charge in [0.05, 0.1) is 12.7 Å². The van der Waals surface area contributed by atoms with Gasteiger partial charge in [0.25, 0.3) is 0 Å². The van der Waals surface area contributed by atoms with E-state index in [1.54, 1.807) is 0 Å². The smallest absolute Gasteiger partial charge is 0.191 e. The largest absolute Gasteiger partial charge is 0.354 e. The number of guanidine groups is 1. The highest BCUT2D eigenvalue weighted by molar-refractivity contribution is 5.79. The van der Waals surface area contributed by atoms with Gasteiger partial charge in [0, 0.05) is 50.5 Å². The number of hydrogen-bond donors (Lipinski definition) is 2. The van der Waals surface area contributed by atoms with Crippen molar-refractivity contribution in [3.63, 3.8) is 0 Å². The molecule has 32 heavy (non-hydrogen) atoms. The lowest BCUT2D eigenvalue weighted by Crippen LogP contribution is -2.51.